The maximum absolute atomic E-state index is 13.6. The van der Waals surface area contributed by atoms with Crippen LogP contribution < -0.4 is 25.3 Å². The molecule has 1 atom stereocenters. The van der Waals surface area contributed by atoms with E-state index in [1.54, 1.807) is 30.4 Å². The number of likely N-dealkylation sites (tertiary alicyclic amines) is 1. The summed E-state index contributed by atoms with van der Waals surface area (Å²) in [4.78, 5) is 34.7. The molecule has 3 saturated heterocycles. The van der Waals surface area contributed by atoms with Crippen molar-refractivity contribution in [2.75, 3.05) is 74.6 Å². The second-order valence-corrected chi connectivity index (χ2v) is 12.6. The summed E-state index contributed by atoms with van der Waals surface area (Å²) in [5, 5.41) is 8.11. The SMILES string of the molecule is C=CC(=O)Nc1cc(Nc2cc(N3OCC[C@@H]3c3ccc(F)cc3)ncn2)c(OC)cc1N1CCC(N2CCC(N(C)C)CC2)CC1. The van der Waals surface area contributed by atoms with Crippen molar-refractivity contribution in [3.63, 3.8) is 0 Å². The molecular weight excluding hydrogens is 599 g/mol. The Labute approximate surface area is 276 Å². The molecule has 2 N–H and O–H groups in total. The van der Waals surface area contributed by atoms with Gasteiger partial charge >= 0.3 is 0 Å². The molecule has 3 aliphatic heterocycles. The van der Waals surface area contributed by atoms with Gasteiger partial charge in [-0.05, 0) is 82.7 Å². The lowest BCUT2D eigenvalue weighted by molar-refractivity contribution is -0.111. The van der Waals surface area contributed by atoms with Gasteiger partial charge in [-0.3, -0.25) is 9.63 Å². The predicted molar refractivity (Wildman–Crippen MR) is 183 cm³/mol. The zero-order chi connectivity index (χ0) is 32.9. The Bertz CT molecular complexity index is 1540. The topological polar surface area (TPSA) is 98.3 Å². The van der Waals surface area contributed by atoms with Crippen LogP contribution in [0.3, 0.4) is 0 Å². The molecule has 3 aromatic rings. The van der Waals surface area contributed by atoms with E-state index in [0.29, 0.717) is 47.5 Å². The molecule has 3 fully saturated rings. The number of hydrogen-bond acceptors (Lipinski definition) is 10. The number of ether oxygens (including phenoxy) is 1. The van der Waals surface area contributed by atoms with E-state index in [9.17, 15) is 9.18 Å². The van der Waals surface area contributed by atoms with E-state index >= 15 is 0 Å². The molecule has 4 heterocycles. The number of aromatic nitrogens is 2. The van der Waals surface area contributed by atoms with Gasteiger partial charge in [-0.25, -0.2) is 19.4 Å². The second-order valence-electron chi connectivity index (χ2n) is 12.6. The molecule has 12 heteroatoms. The zero-order valence-corrected chi connectivity index (χ0v) is 27.5. The van der Waals surface area contributed by atoms with E-state index in [-0.39, 0.29) is 17.8 Å². The monoisotopic (exact) mass is 644 g/mol. The third-order valence-corrected chi connectivity index (χ3v) is 9.61. The number of hydrogen-bond donors (Lipinski definition) is 2. The Hall–Kier alpha value is -4.26. The largest absolute Gasteiger partial charge is 0.494 e. The van der Waals surface area contributed by atoms with Crippen LogP contribution in [0.25, 0.3) is 0 Å². The van der Waals surface area contributed by atoms with Crippen molar-refractivity contribution in [2.45, 2.75) is 50.2 Å². The molecule has 11 nitrogen and oxygen atoms in total. The standard InChI is InChI=1S/C35H45FN8O3/c1-5-35(45)40-28-20-29(39-33-22-34(38-23-37-33)44-30(14-19-47-44)24-6-8-25(36)9-7-24)32(46-4)21-31(28)43-17-12-27(13-18-43)42-15-10-26(11-16-42)41(2)3/h5-9,20-23,26-27,30H,1,10-19H2,2-4H3,(H,40,45)(H,37,38,39)/t30-/m1/s1. The molecule has 0 aliphatic carbocycles. The minimum atomic E-state index is -0.289. The number of nitrogens with one attached hydrogen (secondary N) is 2. The van der Waals surface area contributed by atoms with Crippen molar-refractivity contribution in [2.24, 2.45) is 0 Å². The summed E-state index contributed by atoms with van der Waals surface area (Å²) < 4.78 is 19.4. The first-order valence-electron chi connectivity index (χ1n) is 16.4. The molecule has 3 aliphatic rings. The Morgan fingerprint density at radius 1 is 1.02 bits per heavy atom. The number of hydroxylamine groups is 1. The average molecular weight is 645 g/mol. The highest BCUT2D eigenvalue weighted by atomic mass is 19.1. The van der Waals surface area contributed by atoms with Gasteiger partial charge in [0.25, 0.3) is 0 Å². The van der Waals surface area contributed by atoms with Crippen molar-refractivity contribution in [3.05, 3.63) is 72.8 Å². The summed E-state index contributed by atoms with van der Waals surface area (Å²) in [5.74, 6) is 1.14. The van der Waals surface area contributed by atoms with Crippen molar-refractivity contribution in [3.8, 4) is 5.75 Å². The van der Waals surface area contributed by atoms with Crippen LogP contribution in [-0.4, -0.2) is 91.7 Å². The number of methoxy groups -OCH3 is 1. The van der Waals surface area contributed by atoms with Crippen molar-refractivity contribution >= 4 is 34.6 Å². The van der Waals surface area contributed by atoms with E-state index < -0.39 is 0 Å². The second kappa shape index (κ2) is 14.7. The normalized spacial score (nSPS) is 19.6. The average Bonchev–Trinajstić information content (AvgIpc) is 3.59. The van der Waals surface area contributed by atoms with Gasteiger partial charge in [0, 0.05) is 43.7 Å². The fourth-order valence-corrected chi connectivity index (χ4v) is 6.98. The van der Waals surface area contributed by atoms with Crippen LogP contribution in [-0.2, 0) is 9.63 Å². The van der Waals surface area contributed by atoms with E-state index in [4.69, 9.17) is 9.57 Å². The first-order valence-corrected chi connectivity index (χ1v) is 16.4. The molecule has 0 spiro atoms. The van der Waals surface area contributed by atoms with E-state index in [0.717, 1.165) is 56.7 Å². The van der Waals surface area contributed by atoms with Crippen LogP contribution >= 0.6 is 0 Å². The van der Waals surface area contributed by atoms with E-state index in [2.05, 4.69) is 56.0 Å². The highest BCUT2D eigenvalue weighted by Gasteiger charge is 2.31. The number of carbonyl (C=O) groups is 1. The number of anilines is 5. The lowest BCUT2D eigenvalue weighted by atomic mass is 9.97. The number of nitrogens with zero attached hydrogens (tertiary/aromatic N) is 6. The molecule has 0 bridgehead atoms. The lowest BCUT2D eigenvalue weighted by Gasteiger charge is -2.43. The first-order chi connectivity index (χ1) is 22.8. The molecule has 2 aromatic carbocycles. The molecule has 250 valence electrons. The van der Waals surface area contributed by atoms with Gasteiger partial charge in [0.1, 0.15) is 23.7 Å². The summed E-state index contributed by atoms with van der Waals surface area (Å²) in [6.07, 6.45) is 8.03. The molecule has 6 rings (SSSR count). The molecule has 47 heavy (non-hydrogen) atoms. The summed E-state index contributed by atoms with van der Waals surface area (Å²) in [7, 11) is 5.99. The number of amides is 1. The Morgan fingerprint density at radius 3 is 2.45 bits per heavy atom. The smallest absolute Gasteiger partial charge is 0.247 e. The van der Waals surface area contributed by atoms with E-state index in [1.165, 1.54) is 37.4 Å². The maximum Gasteiger partial charge on any atom is 0.247 e. The number of carbonyl (C=O) groups excluding carboxylic acids is 1. The molecule has 0 saturated carbocycles. The van der Waals surface area contributed by atoms with Gasteiger partial charge in [0.2, 0.25) is 5.91 Å². The van der Waals surface area contributed by atoms with Crippen LogP contribution in [0.15, 0.2) is 61.4 Å². The highest BCUT2D eigenvalue weighted by molar-refractivity contribution is 6.02. The predicted octanol–water partition coefficient (Wildman–Crippen LogP) is 5.37. The lowest BCUT2D eigenvalue weighted by Crippen LogP contribution is -2.50. The minimum absolute atomic E-state index is 0.109. The quantitative estimate of drug-likeness (QED) is 0.281. The highest BCUT2D eigenvalue weighted by Crippen LogP contribution is 2.41. The first kappa shape index (κ1) is 32.7. The summed E-state index contributed by atoms with van der Waals surface area (Å²) in [5.41, 5.74) is 3.14. The van der Waals surface area contributed by atoms with Crippen molar-refractivity contribution in [1.82, 2.24) is 19.8 Å². The van der Waals surface area contributed by atoms with Gasteiger partial charge in [0.15, 0.2) is 5.82 Å². The Kier molecular flexibility index (Phi) is 10.2. The zero-order valence-electron chi connectivity index (χ0n) is 27.5. The van der Waals surface area contributed by atoms with Crippen LogP contribution in [0.2, 0.25) is 0 Å². The van der Waals surface area contributed by atoms with Crippen LogP contribution in [0.1, 0.15) is 43.7 Å². The number of benzene rings is 2. The fraction of sp³-hybridized carbons (Fsp3) is 0.457. The van der Waals surface area contributed by atoms with Gasteiger partial charge in [-0.2, -0.15) is 0 Å². The van der Waals surface area contributed by atoms with Gasteiger partial charge < -0.3 is 30.1 Å². The Balaban J connectivity index is 1.19. The van der Waals surface area contributed by atoms with Crippen molar-refractivity contribution in [1.29, 1.82) is 0 Å². The molecule has 1 aromatic heterocycles. The summed E-state index contributed by atoms with van der Waals surface area (Å²) >= 11 is 0. The third-order valence-electron chi connectivity index (χ3n) is 9.61. The number of piperidine rings is 2. The molecule has 0 radical (unpaired) electrons. The van der Waals surface area contributed by atoms with Crippen LogP contribution in [0.4, 0.5) is 33.1 Å². The van der Waals surface area contributed by atoms with Crippen molar-refractivity contribution < 1.29 is 18.8 Å². The van der Waals surface area contributed by atoms with Crippen LogP contribution in [0, 0.1) is 5.82 Å². The summed E-state index contributed by atoms with van der Waals surface area (Å²) in [6.45, 7) is 8.22. The van der Waals surface area contributed by atoms with Crippen LogP contribution in [0.5, 0.6) is 5.75 Å². The summed E-state index contributed by atoms with van der Waals surface area (Å²) in [6, 6.07) is 13.2. The maximum atomic E-state index is 13.6. The Morgan fingerprint density at radius 2 is 1.77 bits per heavy atom. The molecule has 1 amide bonds. The van der Waals surface area contributed by atoms with Gasteiger partial charge in [0.05, 0.1) is 36.8 Å². The number of halogens is 1. The van der Waals surface area contributed by atoms with E-state index in [1.807, 2.05) is 12.1 Å². The number of rotatable bonds is 10. The third kappa shape index (κ3) is 7.50. The molecule has 0 unspecified atom stereocenters. The molecular formula is C35H45FN8O3. The minimum Gasteiger partial charge on any atom is -0.494 e. The fourth-order valence-electron chi connectivity index (χ4n) is 6.98. The van der Waals surface area contributed by atoms with Gasteiger partial charge in [-0.1, -0.05) is 18.7 Å². The van der Waals surface area contributed by atoms with Gasteiger partial charge in [-0.15, -0.1) is 0 Å².